The van der Waals surface area contributed by atoms with Crippen LogP contribution in [0.4, 0.5) is 37.7 Å². The standard InChI is InChI=1S/C25H28F3N3O2.C21H22F3N3O3/c1-16-11-19(6-7-20(16)23(33)13-17-4-5-17)22-14-30-24-21(29-9-8-25(26,27)28)12-18(3-2-10-32)15-31(22)24;1-13-9-15(4-5-16(13)20(29)30)18-11-26-19-17(25-7-6-21(22,23)24)10-14(3-2-8-28)12-27(18)19/h6-7,11-12,14-15,17,29,32H,2-5,8-10,13H2,1H3;4-5,9-12,25,28H,2-3,6-8H2,1H3,(H,29,30). The van der Waals surface area contributed by atoms with Crippen molar-refractivity contribution in [1.82, 2.24) is 18.8 Å². The molecule has 63 heavy (non-hydrogen) atoms. The van der Waals surface area contributed by atoms with Crippen LogP contribution in [-0.2, 0) is 12.8 Å². The number of aliphatic hydroxyl groups excluding tert-OH is 2. The number of Topliss-reactive ketones (excluding diaryl/α,β-unsaturated/α-hetero) is 1. The summed E-state index contributed by atoms with van der Waals surface area (Å²) in [4.78, 5) is 32.7. The number of carbonyl (C=O) groups excluding carboxylic acids is 1. The van der Waals surface area contributed by atoms with Crippen molar-refractivity contribution in [1.29, 1.82) is 0 Å². The summed E-state index contributed by atoms with van der Waals surface area (Å²) < 4.78 is 79.2. The van der Waals surface area contributed by atoms with Crippen LogP contribution in [0, 0.1) is 19.8 Å². The van der Waals surface area contributed by atoms with E-state index >= 15 is 0 Å². The first-order valence-corrected chi connectivity index (χ1v) is 20.8. The lowest BCUT2D eigenvalue weighted by atomic mass is 9.98. The Kier molecular flexibility index (Phi) is 14.8. The molecule has 7 rings (SSSR count). The van der Waals surface area contributed by atoms with Crippen molar-refractivity contribution >= 4 is 34.4 Å². The molecule has 17 heteroatoms. The monoisotopic (exact) mass is 880 g/mol. The molecule has 0 bridgehead atoms. The number of benzene rings is 2. The van der Waals surface area contributed by atoms with Crippen LogP contribution in [0.2, 0.25) is 0 Å². The van der Waals surface area contributed by atoms with Crippen molar-refractivity contribution in [2.45, 2.75) is 84.0 Å². The molecule has 2 aromatic carbocycles. The molecule has 0 unspecified atom stereocenters. The number of halogens is 6. The number of carboxylic acids is 1. The molecule has 0 spiro atoms. The summed E-state index contributed by atoms with van der Waals surface area (Å²) >= 11 is 0. The number of aromatic nitrogens is 4. The van der Waals surface area contributed by atoms with Gasteiger partial charge in [0.2, 0.25) is 0 Å². The zero-order chi connectivity index (χ0) is 45.5. The van der Waals surface area contributed by atoms with E-state index in [9.17, 15) is 46.1 Å². The van der Waals surface area contributed by atoms with Gasteiger partial charge in [0.05, 0.1) is 53.6 Å². The number of carbonyl (C=O) groups is 2. The van der Waals surface area contributed by atoms with Crippen molar-refractivity contribution in [2.24, 2.45) is 5.92 Å². The highest BCUT2D eigenvalue weighted by Crippen LogP contribution is 2.35. The fraction of sp³-hybridized carbons (Fsp3) is 0.391. The van der Waals surface area contributed by atoms with Gasteiger partial charge in [0.15, 0.2) is 17.1 Å². The molecule has 1 aliphatic rings. The predicted molar refractivity (Wildman–Crippen MR) is 228 cm³/mol. The van der Waals surface area contributed by atoms with Gasteiger partial charge in [-0.2, -0.15) is 26.3 Å². The lowest BCUT2D eigenvalue weighted by Crippen LogP contribution is -2.15. The summed E-state index contributed by atoms with van der Waals surface area (Å²) in [6, 6.07) is 14.2. The Morgan fingerprint density at radius 3 is 1.52 bits per heavy atom. The molecule has 0 amide bonds. The Morgan fingerprint density at radius 1 is 0.698 bits per heavy atom. The van der Waals surface area contributed by atoms with Gasteiger partial charge in [-0.3, -0.25) is 13.6 Å². The maximum atomic E-state index is 12.6. The van der Waals surface area contributed by atoms with Crippen LogP contribution in [-0.4, -0.2) is 84.5 Å². The van der Waals surface area contributed by atoms with Gasteiger partial charge < -0.3 is 26.0 Å². The number of pyridine rings is 2. The number of aromatic carboxylic acids is 1. The molecule has 4 aromatic heterocycles. The van der Waals surface area contributed by atoms with Crippen LogP contribution in [0.25, 0.3) is 33.8 Å². The van der Waals surface area contributed by atoms with E-state index in [2.05, 4.69) is 20.6 Å². The van der Waals surface area contributed by atoms with Crippen LogP contribution < -0.4 is 10.6 Å². The molecule has 11 nitrogen and oxygen atoms in total. The Labute approximate surface area is 359 Å². The van der Waals surface area contributed by atoms with E-state index in [1.807, 2.05) is 41.9 Å². The smallest absolute Gasteiger partial charge is 0.390 e. The number of alkyl halides is 6. The van der Waals surface area contributed by atoms with Gasteiger partial charge in [-0.1, -0.05) is 18.2 Å². The molecule has 5 N–H and O–H groups in total. The third-order valence-corrected chi connectivity index (χ3v) is 10.8. The van der Waals surface area contributed by atoms with Crippen LogP contribution in [0.5, 0.6) is 0 Å². The van der Waals surface area contributed by atoms with Crippen molar-refractivity contribution in [3.8, 4) is 22.5 Å². The summed E-state index contributed by atoms with van der Waals surface area (Å²) in [5.41, 5.74) is 9.25. The van der Waals surface area contributed by atoms with E-state index in [0.717, 1.165) is 51.9 Å². The molecule has 1 aliphatic carbocycles. The van der Waals surface area contributed by atoms with Crippen molar-refractivity contribution < 1.29 is 51.3 Å². The first-order valence-electron chi connectivity index (χ1n) is 20.8. The Balaban J connectivity index is 0.000000211. The Bertz CT molecular complexity index is 2560. The third kappa shape index (κ3) is 12.4. The van der Waals surface area contributed by atoms with Gasteiger partial charge in [0.25, 0.3) is 0 Å². The summed E-state index contributed by atoms with van der Waals surface area (Å²) in [5.74, 6) is -0.322. The number of aliphatic hydroxyl groups is 2. The SMILES string of the molecule is Cc1cc(-c2cnc3c(NCCC(F)(F)F)cc(CCCO)cn23)ccc1C(=O)CC1CC1.Cc1cc(-c2cnc3c(NCCC(F)(F)F)cc(CCCO)cn23)ccc1C(=O)O. The Morgan fingerprint density at radius 2 is 1.14 bits per heavy atom. The van der Waals surface area contributed by atoms with Crippen molar-refractivity contribution in [2.75, 3.05) is 36.9 Å². The average Bonchev–Trinajstić information content (AvgIpc) is 3.75. The van der Waals surface area contributed by atoms with Gasteiger partial charge in [0, 0.05) is 61.8 Å². The van der Waals surface area contributed by atoms with Gasteiger partial charge in [-0.25, -0.2) is 14.8 Å². The van der Waals surface area contributed by atoms with Crippen LogP contribution in [0.15, 0.2) is 73.3 Å². The largest absolute Gasteiger partial charge is 0.478 e. The second kappa shape index (κ2) is 20.1. The lowest BCUT2D eigenvalue weighted by molar-refractivity contribution is -0.132. The molecule has 0 atom stereocenters. The van der Waals surface area contributed by atoms with E-state index in [1.54, 1.807) is 48.0 Å². The molecule has 0 radical (unpaired) electrons. The number of carboxylic acid groups (broad SMARTS) is 1. The van der Waals surface area contributed by atoms with Gasteiger partial charge in [-0.05, 0) is 111 Å². The van der Waals surface area contributed by atoms with E-state index in [-0.39, 0.29) is 37.6 Å². The normalized spacial score (nSPS) is 13.0. The highest BCUT2D eigenvalue weighted by molar-refractivity contribution is 5.98. The van der Waals surface area contributed by atoms with Gasteiger partial charge >= 0.3 is 18.3 Å². The maximum absolute atomic E-state index is 12.6. The van der Waals surface area contributed by atoms with Crippen molar-refractivity contribution in [3.63, 3.8) is 0 Å². The minimum Gasteiger partial charge on any atom is -0.478 e. The zero-order valence-corrected chi connectivity index (χ0v) is 34.9. The number of nitrogens with one attached hydrogen (secondary N) is 2. The second-order valence-electron chi connectivity index (χ2n) is 15.9. The van der Waals surface area contributed by atoms with Crippen LogP contribution >= 0.6 is 0 Å². The molecule has 0 aliphatic heterocycles. The minimum atomic E-state index is -4.26. The number of fused-ring (bicyclic) bond motifs is 2. The number of rotatable bonds is 18. The van der Waals surface area contributed by atoms with Gasteiger partial charge in [-0.15, -0.1) is 0 Å². The van der Waals surface area contributed by atoms with Crippen LogP contribution in [0.1, 0.15) is 87.9 Å². The number of aryl methyl sites for hydroxylation is 4. The fourth-order valence-electron chi connectivity index (χ4n) is 7.39. The summed E-state index contributed by atoms with van der Waals surface area (Å²) in [5, 5.41) is 33.3. The molecular formula is C46H50F6N6O5. The highest BCUT2D eigenvalue weighted by atomic mass is 19.4. The summed E-state index contributed by atoms with van der Waals surface area (Å²) in [6.45, 7) is 3.12. The number of hydrogen-bond acceptors (Lipinski definition) is 8. The number of ketones is 1. The second-order valence-corrected chi connectivity index (χ2v) is 15.9. The Hall–Kier alpha value is -5.94. The molecule has 6 aromatic rings. The summed E-state index contributed by atoms with van der Waals surface area (Å²) in [6.07, 6.45) is 1.69. The number of hydrogen-bond donors (Lipinski definition) is 5. The maximum Gasteiger partial charge on any atom is 0.390 e. The molecule has 1 saturated carbocycles. The number of anilines is 2. The topological polar surface area (TPSA) is 153 Å². The predicted octanol–water partition coefficient (Wildman–Crippen LogP) is 9.88. The highest BCUT2D eigenvalue weighted by Gasteiger charge is 2.28. The molecule has 1 fully saturated rings. The first kappa shape index (κ1) is 46.6. The van der Waals surface area contributed by atoms with E-state index < -0.39 is 31.2 Å². The number of imidazole rings is 2. The summed E-state index contributed by atoms with van der Waals surface area (Å²) in [7, 11) is 0. The zero-order valence-electron chi connectivity index (χ0n) is 34.9. The first-order chi connectivity index (χ1) is 29.9. The molecule has 0 saturated heterocycles. The lowest BCUT2D eigenvalue weighted by Gasteiger charge is -2.13. The van der Waals surface area contributed by atoms with Crippen LogP contribution in [0.3, 0.4) is 0 Å². The molecular weight excluding hydrogens is 831 g/mol. The average molecular weight is 881 g/mol. The van der Waals surface area contributed by atoms with Crippen molar-refractivity contribution in [3.05, 3.63) is 107 Å². The fourth-order valence-corrected chi connectivity index (χ4v) is 7.39. The number of nitrogens with zero attached hydrogens (tertiary/aromatic N) is 4. The van der Waals surface area contributed by atoms with E-state index in [0.29, 0.717) is 71.9 Å². The quantitative estimate of drug-likeness (QED) is 0.0420. The van der Waals surface area contributed by atoms with E-state index in [1.165, 1.54) is 6.07 Å². The van der Waals surface area contributed by atoms with E-state index in [4.69, 9.17) is 5.11 Å². The minimum absolute atomic E-state index is 0.00149. The molecule has 336 valence electrons. The molecule has 4 heterocycles. The third-order valence-electron chi connectivity index (χ3n) is 10.8. The van der Waals surface area contributed by atoms with Gasteiger partial charge in [0.1, 0.15) is 0 Å².